The Hall–Kier alpha value is -1.92. The average Bonchev–Trinajstić information content (AvgIpc) is 2.65. The molecule has 0 bridgehead atoms. The fourth-order valence-electron chi connectivity index (χ4n) is 3.09. The second-order valence-corrected chi connectivity index (χ2v) is 7.01. The predicted octanol–water partition coefficient (Wildman–Crippen LogP) is 3.79. The summed E-state index contributed by atoms with van der Waals surface area (Å²) in [6.07, 6.45) is 4.73. The molecule has 0 aliphatic carbocycles. The minimum absolute atomic E-state index is 0.233. The second-order valence-electron chi connectivity index (χ2n) is 6.60. The Labute approximate surface area is 167 Å². The zero-order valence-corrected chi connectivity index (χ0v) is 17.3. The monoisotopic (exact) mass is 390 g/mol. The van der Waals surface area contributed by atoms with Gasteiger partial charge in [0, 0.05) is 12.3 Å². The van der Waals surface area contributed by atoms with Crippen LogP contribution in [0.4, 0.5) is 0 Å². The van der Waals surface area contributed by atoms with Crippen LogP contribution in [0.3, 0.4) is 0 Å². The lowest BCUT2D eigenvalue weighted by atomic mass is 9.94. The van der Waals surface area contributed by atoms with Crippen LogP contribution in [0.5, 0.6) is 0 Å². The van der Waals surface area contributed by atoms with Crippen molar-refractivity contribution >= 4 is 23.3 Å². The number of nitrogens with one attached hydrogen (secondary N) is 2. The summed E-state index contributed by atoms with van der Waals surface area (Å²) >= 11 is 5.29. The molecule has 1 unspecified atom stereocenters. The largest absolute Gasteiger partial charge is 0.460 e. The number of esters is 1. The first-order valence-electron chi connectivity index (χ1n) is 9.68. The van der Waals surface area contributed by atoms with Crippen molar-refractivity contribution in [3.63, 3.8) is 0 Å². The van der Waals surface area contributed by atoms with Crippen LogP contribution in [0.15, 0.2) is 35.5 Å². The summed E-state index contributed by atoms with van der Waals surface area (Å²) in [5, 5.41) is 6.73. The number of unbranched alkanes of at least 4 members (excludes halogenated alkanes) is 2. The molecule has 0 saturated heterocycles. The third-order valence-electron chi connectivity index (χ3n) is 4.54. The van der Waals surface area contributed by atoms with Gasteiger partial charge in [-0.15, -0.1) is 0 Å². The standard InChI is InChI=1S/C21H30N2O3S/c1-4-6-7-8-16-9-11-17(12-10-16)19-18(15(3)22-21(27)23-19)20(24)26-14-13-25-5-2/h9-12,19H,4-8,13-14H2,1-3H3,(H2,22,23,27). The van der Waals surface area contributed by atoms with Gasteiger partial charge in [-0.2, -0.15) is 0 Å². The molecular formula is C21H30N2O3S. The zero-order valence-electron chi connectivity index (χ0n) is 16.5. The molecule has 2 N–H and O–H groups in total. The third kappa shape index (κ3) is 6.33. The van der Waals surface area contributed by atoms with Gasteiger partial charge in [-0.3, -0.25) is 0 Å². The highest BCUT2D eigenvalue weighted by Gasteiger charge is 2.30. The Bertz CT molecular complexity index is 671. The molecule has 0 amide bonds. The van der Waals surface area contributed by atoms with Crippen LogP contribution in [0, 0.1) is 0 Å². The van der Waals surface area contributed by atoms with Crippen molar-refractivity contribution in [2.24, 2.45) is 0 Å². The van der Waals surface area contributed by atoms with Crippen molar-refractivity contribution in [2.45, 2.75) is 52.5 Å². The van der Waals surface area contributed by atoms with E-state index in [-0.39, 0.29) is 18.6 Å². The van der Waals surface area contributed by atoms with Gasteiger partial charge in [0.25, 0.3) is 0 Å². The highest BCUT2D eigenvalue weighted by molar-refractivity contribution is 7.80. The fraction of sp³-hybridized carbons (Fsp3) is 0.524. The van der Waals surface area contributed by atoms with E-state index in [1.165, 1.54) is 24.8 Å². The molecule has 1 aromatic rings. The van der Waals surface area contributed by atoms with Crippen molar-refractivity contribution in [1.82, 2.24) is 10.6 Å². The Morgan fingerprint density at radius 3 is 2.56 bits per heavy atom. The maximum absolute atomic E-state index is 12.6. The van der Waals surface area contributed by atoms with Crippen LogP contribution in [0.2, 0.25) is 0 Å². The maximum Gasteiger partial charge on any atom is 0.338 e. The first-order valence-corrected chi connectivity index (χ1v) is 10.1. The average molecular weight is 391 g/mol. The van der Waals surface area contributed by atoms with E-state index < -0.39 is 0 Å². The van der Waals surface area contributed by atoms with Crippen molar-refractivity contribution < 1.29 is 14.3 Å². The Balaban J connectivity index is 2.12. The van der Waals surface area contributed by atoms with Gasteiger partial charge in [0.2, 0.25) is 0 Å². The summed E-state index contributed by atoms with van der Waals surface area (Å²) in [7, 11) is 0. The second kappa shape index (κ2) is 11.0. The minimum Gasteiger partial charge on any atom is -0.460 e. The minimum atomic E-state index is -0.355. The van der Waals surface area contributed by atoms with Crippen LogP contribution < -0.4 is 10.6 Å². The van der Waals surface area contributed by atoms with Gasteiger partial charge in [-0.25, -0.2) is 4.79 Å². The topological polar surface area (TPSA) is 59.6 Å². The van der Waals surface area contributed by atoms with Gasteiger partial charge in [0.1, 0.15) is 6.61 Å². The van der Waals surface area contributed by atoms with Gasteiger partial charge in [-0.05, 0) is 50.0 Å². The van der Waals surface area contributed by atoms with E-state index in [1.807, 2.05) is 13.8 Å². The van der Waals surface area contributed by atoms with Crippen molar-refractivity contribution in [1.29, 1.82) is 0 Å². The lowest BCUT2D eigenvalue weighted by Crippen LogP contribution is -2.45. The molecule has 1 aliphatic heterocycles. The smallest absolute Gasteiger partial charge is 0.338 e. The summed E-state index contributed by atoms with van der Waals surface area (Å²) in [6.45, 7) is 7.19. The van der Waals surface area contributed by atoms with E-state index >= 15 is 0 Å². The highest BCUT2D eigenvalue weighted by Crippen LogP contribution is 2.28. The van der Waals surface area contributed by atoms with Crippen LogP contribution >= 0.6 is 12.2 Å². The van der Waals surface area contributed by atoms with Crippen LogP contribution in [-0.4, -0.2) is 30.9 Å². The number of benzene rings is 1. The molecule has 0 aromatic heterocycles. The van der Waals surface area contributed by atoms with Crippen LogP contribution in [0.1, 0.15) is 57.2 Å². The van der Waals surface area contributed by atoms with E-state index in [1.54, 1.807) is 0 Å². The van der Waals surface area contributed by atoms with Gasteiger partial charge < -0.3 is 20.1 Å². The molecule has 0 saturated carbocycles. The summed E-state index contributed by atoms with van der Waals surface area (Å²) in [6, 6.07) is 8.07. The zero-order chi connectivity index (χ0) is 19.6. The number of thiocarbonyl (C=S) groups is 1. The Morgan fingerprint density at radius 1 is 1.15 bits per heavy atom. The first kappa shape index (κ1) is 21.4. The number of allylic oxidation sites excluding steroid dienone is 1. The molecular weight excluding hydrogens is 360 g/mol. The van der Waals surface area contributed by atoms with E-state index in [0.29, 0.717) is 23.9 Å². The molecule has 1 aliphatic rings. The van der Waals surface area contributed by atoms with Gasteiger partial charge in [0.15, 0.2) is 5.11 Å². The van der Waals surface area contributed by atoms with Crippen molar-refractivity contribution in [3.05, 3.63) is 46.7 Å². The molecule has 1 atom stereocenters. The molecule has 27 heavy (non-hydrogen) atoms. The Morgan fingerprint density at radius 2 is 1.89 bits per heavy atom. The molecule has 1 aromatic carbocycles. The van der Waals surface area contributed by atoms with Crippen molar-refractivity contribution in [3.8, 4) is 0 Å². The number of rotatable bonds is 10. The fourth-order valence-corrected chi connectivity index (χ4v) is 3.36. The van der Waals surface area contributed by atoms with Gasteiger partial charge >= 0.3 is 5.97 Å². The summed E-state index contributed by atoms with van der Waals surface area (Å²) in [4.78, 5) is 12.6. The van der Waals surface area contributed by atoms with Crippen LogP contribution in [-0.2, 0) is 20.7 Å². The van der Waals surface area contributed by atoms with Gasteiger partial charge in [0.05, 0.1) is 18.2 Å². The predicted molar refractivity (Wildman–Crippen MR) is 111 cm³/mol. The molecule has 0 radical (unpaired) electrons. The van der Waals surface area contributed by atoms with Crippen molar-refractivity contribution in [2.75, 3.05) is 19.8 Å². The number of carbonyl (C=O) groups excluding carboxylic acids is 1. The lowest BCUT2D eigenvalue weighted by molar-refractivity contribution is -0.141. The number of ether oxygens (including phenoxy) is 2. The van der Waals surface area contributed by atoms with E-state index in [9.17, 15) is 4.79 Å². The number of carbonyl (C=O) groups is 1. The van der Waals surface area contributed by atoms with E-state index in [0.717, 1.165) is 17.7 Å². The van der Waals surface area contributed by atoms with Crippen LogP contribution in [0.25, 0.3) is 0 Å². The molecule has 0 fully saturated rings. The number of hydrogen-bond donors (Lipinski definition) is 2. The van der Waals surface area contributed by atoms with E-state index in [4.69, 9.17) is 21.7 Å². The highest BCUT2D eigenvalue weighted by atomic mass is 32.1. The SMILES string of the molecule is CCCCCc1ccc(C2NC(=S)NC(C)=C2C(=O)OCCOCC)cc1. The Kier molecular flexibility index (Phi) is 8.75. The molecule has 6 heteroatoms. The van der Waals surface area contributed by atoms with Gasteiger partial charge in [-0.1, -0.05) is 44.0 Å². The first-order chi connectivity index (χ1) is 13.1. The summed E-state index contributed by atoms with van der Waals surface area (Å²) < 4.78 is 10.6. The molecule has 1 heterocycles. The summed E-state index contributed by atoms with van der Waals surface area (Å²) in [5.41, 5.74) is 3.58. The number of aryl methyl sites for hydroxylation is 1. The lowest BCUT2D eigenvalue weighted by Gasteiger charge is -2.30. The maximum atomic E-state index is 12.6. The quantitative estimate of drug-likeness (QED) is 0.360. The molecule has 2 rings (SSSR count). The summed E-state index contributed by atoms with van der Waals surface area (Å²) in [5.74, 6) is -0.355. The number of hydrogen-bond acceptors (Lipinski definition) is 4. The molecule has 5 nitrogen and oxygen atoms in total. The molecule has 0 spiro atoms. The normalized spacial score (nSPS) is 16.7. The van der Waals surface area contributed by atoms with E-state index in [2.05, 4.69) is 41.8 Å². The third-order valence-corrected chi connectivity index (χ3v) is 4.76. The molecule has 148 valence electrons.